The molecule has 71 heavy (non-hydrogen) atoms. The number of hydrogen-bond donors (Lipinski definition) is 0. The minimum Gasteiger partial charge on any atom is -0.462 e. The van der Waals surface area contributed by atoms with Crippen molar-refractivity contribution in [1.29, 1.82) is 0 Å². The van der Waals surface area contributed by atoms with Crippen LogP contribution in [-0.2, 0) is 28.6 Å². The summed E-state index contributed by atoms with van der Waals surface area (Å²) in [5.41, 5.74) is 0. The molecular weight excluding hydrogens is 877 g/mol. The zero-order valence-corrected chi connectivity index (χ0v) is 47.0. The second-order valence-electron chi connectivity index (χ2n) is 20.3. The first-order valence-corrected chi connectivity index (χ1v) is 30.4. The van der Waals surface area contributed by atoms with Gasteiger partial charge in [0.2, 0.25) is 0 Å². The van der Waals surface area contributed by atoms with Gasteiger partial charge in [-0.1, -0.05) is 261 Å². The highest BCUT2D eigenvalue weighted by atomic mass is 16.6. The Morgan fingerprint density at radius 3 is 0.845 bits per heavy atom. The summed E-state index contributed by atoms with van der Waals surface area (Å²) in [6, 6.07) is 0. The second kappa shape index (κ2) is 59.4. The third kappa shape index (κ3) is 57.6. The van der Waals surface area contributed by atoms with Crippen molar-refractivity contribution < 1.29 is 28.6 Å². The molecule has 0 aliphatic carbocycles. The molecule has 0 unspecified atom stereocenters. The lowest BCUT2D eigenvalue weighted by Gasteiger charge is -2.18. The minimum absolute atomic E-state index is 0.0944. The third-order valence-electron chi connectivity index (χ3n) is 13.2. The molecule has 0 N–H and O–H groups in total. The summed E-state index contributed by atoms with van der Waals surface area (Å²) in [5.74, 6) is -0.944. The van der Waals surface area contributed by atoms with Crippen LogP contribution in [0.2, 0.25) is 0 Å². The standard InChI is InChI=1S/C65H114O6/c1-4-7-10-13-16-19-22-25-28-30-31-32-33-35-37-40-43-46-49-52-55-58-64(67)70-61-62(60-69-63(66)57-54-51-48-45-42-39-36-27-24-21-18-15-12-9-6-3)71-65(68)59-56-53-50-47-44-41-38-34-29-26-23-20-17-14-11-8-5-2/h17-18,20-21,26-27,29,36,38,41-42,45,62H,4-16,19,22-25,28,30-35,37,39-40,43-44,46-61H2,1-3H3/b20-17-,21-18-,29-26-,36-27-,41-38-,45-42-/t62-/m1/s1. The van der Waals surface area contributed by atoms with Crippen molar-refractivity contribution in [3.05, 3.63) is 72.9 Å². The highest BCUT2D eigenvalue weighted by Gasteiger charge is 2.19. The summed E-state index contributed by atoms with van der Waals surface area (Å²) in [6.45, 7) is 6.56. The smallest absolute Gasteiger partial charge is 0.306 e. The fraction of sp³-hybridized carbons (Fsp3) is 0.769. The van der Waals surface area contributed by atoms with Crippen molar-refractivity contribution in [2.24, 2.45) is 0 Å². The van der Waals surface area contributed by atoms with Crippen LogP contribution in [0, 0.1) is 0 Å². The van der Waals surface area contributed by atoms with E-state index >= 15 is 0 Å². The summed E-state index contributed by atoms with van der Waals surface area (Å²) in [5, 5.41) is 0. The van der Waals surface area contributed by atoms with Crippen LogP contribution in [0.15, 0.2) is 72.9 Å². The van der Waals surface area contributed by atoms with Crippen LogP contribution in [0.1, 0.15) is 303 Å². The molecule has 0 aromatic heterocycles. The Morgan fingerprint density at radius 2 is 0.507 bits per heavy atom. The van der Waals surface area contributed by atoms with E-state index in [-0.39, 0.29) is 31.1 Å². The largest absolute Gasteiger partial charge is 0.462 e. The van der Waals surface area contributed by atoms with Gasteiger partial charge in [0, 0.05) is 19.3 Å². The first-order valence-electron chi connectivity index (χ1n) is 30.4. The predicted molar refractivity (Wildman–Crippen MR) is 307 cm³/mol. The van der Waals surface area contributed by atoms with E-state index in [0.29, 0.717) is 19.3 Å². The maximum atomic E-state index is 12.9. The molecule has 0 aliphatic rings. The van der Waals surface area contributed by atoms with E-state index in [4.69, 9.17) is 14.2 Å². The van der Waals surface area contributed by atoms with Gasteiger partial charge >= 0.3 is 17.9 Å². The molecule has 0 bridgehead atoms. The normalized spacial score (nSPS) is 12.5. The average molecular weight is 992 g/mol. The van der Waals surface area contributed by atoms with E-state index < -0.39 is 6.10 Å². The summed E-state index contributed by atoms with van der Waals surface area (Å²) < 4.78 is 16.9. The number of esters is 3. The van der Waals surface area contributed by atoms with Gasteiger partial charge in [0.15, 0.2) is 6.10 Å². The summed E-state index contributed by atoms with van der Waals surface area (Å²) in [6.07, 6.45) is 76.2. The van der Waals surface area contributed by atoms with Crippen LogP contribution in [0.3, 0.4) is 0 Å². The highest BCUT2D eigenvalue weighted by molar-refractivity contribution is 5.71. The number of rotatable bonds is 55. The lowest BCUT2D eigenvalue weighted by molar-refractivity contribution is -0.167. The first-order chi connectivity index (χ1) is 35.0. The number of allylic oxidation sites excluding steroid dienone is 12. The molecule has 0 aromatic carbocycles. The van der Waals surface area contributed by atoms with Crippen molar-refractivity contribution in [1.82, 2.24) is 0 Å². The molecule has 0 radical (unpaired) electrons. The zero-order valence-electron chi connectivity index (χ0n) is 47.0. The molecule has 1 atom stereocenters. The summed E-state index contributed by atoms with van der Waals surface area (Å²) in [4.78, 5) is 38.2. The maximum Gasteiger partial charge on any atom is 0.306 e. The van der Waals surface area contributed by atoms with Gasteiger partial charge in [-0.05, 0) is 96.3 Å². The maximum absolute atomic E-state index is 12.9. The van der Waals surface area contributed by atoms with Crippen molar-refractivity contribution >= 4 is 17.9 Å². The molecule has 0 fully saturated rings. The van der Waals surface area contributed by atoms with Gasteiger partial charge in [0.05, 0.1) is 0 Å². The number of hydrogen-bond acceptors (Lipinski definition) is 6. The van der Waals surface area contributed by atoms with Crippen LogP contribution in [0.4, 0.5) is 0 Å². The Bertz CT molecular complexity index is 1320. The van der Waals surface area contributed by atoms with Gasteiger partial charge in [0.1, 0.15) is 13.2 Å². The number of ether oxygens (including phenoxy) is 3. The SMILES string of the molecule is CCCCC/C=C\C/C=C\C/C=C\CCCCCCC(=O)O[C@H](COC(=O)CCCC/C=C\C/C=C\C/C=C\CCCCC)COC(=O)CCCCCCCCCCCCCCCCCCCCCCC. The molecule has 0 amide bonds. The van der Waals surface area contributed by atoms with Crippen molar-refractivity contribution in [3.63, 3.8) is 0 Å². The number of carbonyl (C=O) groups excluding carboxylic acids is 3. The molecule has 410 valence electrons. The Morgan fingerprint density at radius 1 is 0.282 bits per heavy atom. The molecule has 0 aromatic rings. The Balaban J connectivity index is 4.41. The Hall–Kier alpha value is -3.15. The number of unbranched alkanes of at least 4 members (excludes halogenated alkanes) is 32. The molecule has 0 rings (SSSR count). The lowest BCUT2D eigenvalue weighted by Crippen LogP contribution is -2.30. The van der Waals surface area contributed by atoms with Crippen LogP contribution < -0.4 is 0 Å². The van der Waals surface area contributed by atoms with E-state index in [9.17, 15) is 14.4 Å². The first kappa shape index (κ1) is 67.8. The monoisotopic (exact) mass is 991 g/mol. The Kier molecular flexibility index (Phi) is 56.8. The predicted octanol–water partition coefficient (Wildman–Crippen LogP) is 20.5. The van der Waals surface area contributed by atoms with Gasteiger partial charge in [-0.3, -0.25) is 14.4 Å². The molecule has 0 heterocycles. The summed E-state index contributed by atoms with van der Waals surface area (Å²) in [7, 11) is 0. The van der Waals surface area contributed by atoms with Crippen LogP contribution in [-0.4, -0.2) is 37.2 Å². The minimum atomic E-state index is -0.802. The van der Waals surface area contributed by atoms with Crippen LogP contribution in [0.25, 0.3) is 0 Å². The van der Waals surface area contributed by atoms with Crippen LogP contribution >= 0.6 is 0 Å². The molecule has 0 spiro atoms. The quantitative estimate of drug-likeness (QED) is 0.0261. The van der Waals surface area contributed by atoms with Gasteiger partial charge in [0.25, 0.3) is 0 Å². The molecule has 0 saturated heterocycles. The fourth-order valence-electron chi connectivity index (χ4n) is 8.57. The second-order valence-corrected chi connectivity index (χ2v) is 20.3. The van der Waals surface area contributed by atoms with E-state index in [2.05, 4.69) is 93.7 Å². The van der Waals surface area contributed by atoms with Gasteiger partial charge in [-0.25, -0.2) is 0 Å². The highest BCUT2D eigenvalue weighted by Crippen LogP contribution is 2.16. The topological polar surface area (TPSA) is 78.9 Å². The zero-order chi connectivity index (χ0) is 51.4. The van der Waals surface area contributed by atoms with E-state index in [1.165, 1.54) is 167 Å². The summed E-state index contributed by atoms with van der Waals surface area (Å²) >= 11 is 0. The van der Waals surface area contributed by atoms with Crippen molar-refractivity contribution in [2.45, 2.75) is 309 Å². The molecular formula is C65H114O6. The molecule has 6 heteroatoms. The Labute approximate surface area is 440 Å². The average Bonchev–Trinajstić information content (AvgIpc) is 3.37. The lowest BCUT2D eigenvalue weighted by atomic mass is 10.0. The van der Waals surface area contributed by atoms with Crippen molar-refractivity contribution in [3.8, 4) is 0 Å². The van der Waals surface area contributed by atoms with Crippen LogP contribution in [0.5, 0.6) is 0 Å². The third-order valence-corrected chi connectivity index (χ3v) is 13.2. The van der Waals surface area contributed by atoms with E-state index in [1.807, 2.05) is 0 Å². The van der Waals surface area contributed by atoms with Gasteiger partial charge < -0.3 is 14.2 Å². The molecule has 0 saturated carbocycles. The van der Waals surface area contributed by atoms with Gasteiger partial charge in [-0.2, -0.15) is 0 Å². The van der Waals surface area contributed by atoms with E-state index in [1.54, 1.807) is 0 Å². The van der Waals surface area contributed by atoms with Gasteiger partial charge in [-0.15, -0.1) is 0 Å². The molecule has 6 nitrogen and oxygen atoms in total. The number of carbonyl (C=O) groups is 3. The molecule has 0 aliphatic heterocycles. The fourth-order valence-corrected chi connectivity index (χ4v) is 8.57. The van der Waals surface area contributed by atoms with Crippen molar-refractivity contribution in [2.75, 3.05) is 13.2 Å². The van der Waals surface area contributed by atoms with E-state index in [0.717, 1.165) is 96.3 Å².